The molecular formula is C23H25NO6. The van der Waals surface area contributed by atoms with E-state index in [4.69, 9.17) is 18.9 Å². The van der Waals surface area contributed by atoms with Gasteiger partial charge in [0.15, 0.2) is 18.1 Å². The van der Waals surface area contributed by atoms with Crippen LogP contribution in [-0.4, -0.2) is 39.8 Å². The molecule has 1 aliphatic carbocycles. The zero-order valence-electron chi connectivity index (χ0n) is 17.3. The van der Waals surface area contributed by atoms with Crippen LogP contribution in [0.5, 0.6) is 17.2 Å². The van der Waals surface area contributed by atoms with E-state index in [0.717, 1.165) is 18.4 Å². The molecular weight excluding hydrogens is 386 g/mol. The fraction of sp³-hybridized carbons (Fsp3) is 0.304. The third-order valence-corrected chi connectivity index (χ3v) is 4.91. The molecule has 7 heteroatoms. The molecule has 0 aromatic heterocycles. The van der Waals surface area contributed by atoms with Crippen LogP contribution in [0.2, 0.25) is 0 Å². The van der Waals surface area contributed by atoms with Crippen LogP contribution < -0.4 is 19.5 Å². The third kappa shape index (κ3) is 4.92. The first kappa shape index (κ1) is 21.2. The van der Waals surface area contributed by atoms with Crippen molar-refractivity contribution in [3.63, 3.8) is 0 Å². The molecule has 3 rings (SSSR count). The smallest absolute Gasteiger partial charge is 0.331 e. The summed E-state index contributed by atoms with van der Waals surface area (Å²) in [6, 6.07) is 11.4. The maximum atomic E-state index is 12.2. The van der Waals surface area contributed by atoms with Crippen molar-refractivity contribution < 1.29 is 28.5 Å². The monoisotopic (exact) mass is 411 g/mol. The van der Waals surface area contributed by atoms with Gasteiger partial charge in [-0.2, -0.15) is 0 Å². The largest absolute Gasteiger partial charge is 0.493 e. The third-order valence-electron chi connectivity index (χ3n) is 4.91. The molecule has 0 fully saturated rings. The number of carbonyl (C=O) groups excluding carboxylic acids is 2. The van der Waals surface area contributed by atoms with Crippen molar-refractivity contribution in [1.82, 2.24) is 5.32 Å². The maximum Gasteiger partial charge on any atom is 0.331 e. The van der Waals surface area contributed by atoms with Gasteiger partial charge in [0.25, 0.3) is 5.91 Å². The lowest BCUT2D eigenvalue weighted by Gasteiger charge is -2.14. The maximum absolute atomic E-state index is 12.2. The van der Waals surface area contributed by atoms with E-state index in [2.05, 4.69) is 11.4 Å². The molecule has 0 radical (unpaired) electrons. The summed E-state index contributed by atoms with van der Waals surface area (Å²) in [5.41, 5.74) is 3.03. The zero-order chi connectivity index (χ0) is 21.5. The van der Waals surface area contributed by atoms with Gasteiger partial charge in [-0.15, -0.1) is 0 Å². The van der Waals surface area contributed by atoms with Crippen LogP contribution in [0.3, 0.4) is 0 Å². The number of benzene rings is 2. The summed E-state index contributed by atoms with van der Waals surface area (Å²) < 4.78 is 20.9. The van der Waals surface area contributed by atoms with Gasteiger partial charge in [-0.1, -0.05) is 24.3 Å². The second-order valence-electron chi connectivity index (χ2n) is 6.76. The number of hydrogen-bond donors (Lipinski definition) is 1. The number of hydrogen-bond acceptors (Lipinski definition) is 6. The first-order chi connectivity index (χ1) is 14.5. The molecule has 0 saturated carbocycles. The van der Waals surface area contributed by atoms with Gasteiger partial charge in [-0.05, 0) is 47.7 Å². The van der Waals surface area contributed by atoms with Crippen molar-refractivity contribution in [2.45, 2.75) is 18.9 Å². The van der Waals surface area contributed by atoms with Gasteiger partial charge in [0.05, 0.1) is 27.4 Å². The van der Waals surface area contributed by atoms with Crippen molar-refractivity contribution in [3.05, 3.63) is 59.2 Å². The number of esters is 1. The highest BCUT2D eigenvalue weighted by atomic mass is 16.5. The second-order valence-corrected chi connectivity index (χ2v) is 6.76. The Labute approximate surface area is 175 Å². The van der Waals surface area contributed by atoms with E-state index in [1.807, 2.05) is 18.2 Å². The number of ether oxygens (including phenoxy) is 4. The van der Waals surface area contributed by atoms with E-state index in [-0.39, 0.29) is 18.6 Å². The first-order valence-corrected chi connectivity index (χ1v) is 9.57. The lowest BCUT2D eigenvalue weighted by atomic mass is 10.1. The van der Waals surface area contributed by atoms with E-state index in [0.29, 0.717) is 22.8 Å². The van der Waals surface area contributed by atoms with E-state index < -0.39 is 5.97 Å². The highest BCUT2D eigenvalue weighted by Crippen LogP contribution is 2.38. The Kier molecular flexibility index (Phi) is 6.95. The number of methoxy groups -OCH3 is 3. The Hall–Kier alpha value is -3.48. The van der Waals surface area contributed by atoms with Crippen molar-refractivity contribution in [2.24, 2.45) is 0 Å². The van der Waals surface area contributed by atoms with Crippen molar-refractivity contribution in [1.29, 1.82) is 0 Å². The summed E-state index contributed by atoms with van der Waals surface area (Å²) in [5, 5.41) is 2.92. The van der Waals surface area contributed by atoms with Crippen molar-refractivity contribution in [2.75, 3.05) is 27.9 Å². The van der Waals surface area contributed by atoms with Gasteiger partial charge in [0.2, 0.25) is 5.75 Å². The molecule has 0 heterocycles. The number of nitrogens with one attached hydrogen (secondary N) is 1. The van der Waals surface area contributed by atoms with Crippen molar-refractivity contribution >= 4 is 18.0 Å². The minimum absolute atomic E-state index is 0.0397. The first-order valence-electron chi connectivity index (χ1n) is 9.57. The second kappa shape index (κ2) is 9.82. The normalized spacial score (nSPS) is 14.8. The Morgan fingerprint density at radius 1 is 1.07 bits per heavy atom. The highest BCUT2D eigenvalue weighted by Gasteiger charge is 2.23. The van der Waals surface area contributed by atoms with Gasteiger partial charge in [-0.3, -0.25) is 4.79 Å². The van der Waals surface area contributed by atoms with Crippen LogP contribution in [0.15, 0.2) is 42.5 Å². The Bertz CT molecular complexity index is 927. The average Bonchev–Trinajstić information content (AvgIpc) is 3.18. The average molecular weight is 411 g/mol. The molecule has 2 aromatic rings. The minimum atomic E-state index is -0.620. The number of rotatable bonds is 8. The van der Waals surface area contributed by atoms with E-state index in [9.17, 15) is 9.59 Å². The summed E-state index contributed by atoms with van der Waals surface area (Å²) in [7, 11) is 4.54. The van der Waals surface area contributed by atoms with E-state index in [1.165, 1.54) is 33.0 Å². The quantitative estimate of drug-likeness (QED) is 0.531. The fourth-order valence-electron chi connectivity index (χ4n) is 3.49. The molecule has 0 bridgehead atoms. The van der Waals surface area contributed by atoms with Gasteiger partial charge in [-0.25, -0.2) is 4.79 Å². The van der Waals surface area contributed by atoms with Gasteiger partial charge in [0, 0.05) is 6.08 Å². The molecule has 158 valence electrons. The number of fused-ring (bicyclic) bond motifs is 1. The molecule has 1 N–H and O–H groups in total. The number of carbonyl (C=O) groups is 2. The van der Waals surface area contributed by atoms with Crippen LogP contribution >= 0.6 is 0 Å². The van der Waals surface area contributed by atoms with Crippen LogP contribution in [0.1, 0.15) is 29.2 Å². The predicted octanol–water partition coefficient (Wildman–Crippen LogP) is 3.07. The molecule has 2 aromatic carbocycles. The molecule has 7 nitrogen and oxygen atoms in total. The topological polar surface area (TPSA) is 83.1 Å². The molecule has 30 heavy (non-hydrogen) atoms. The Morgan fingerprint density at radius 3 is 2.43 bits per heavy atom. The molecule has 0 unspecified atom stereocenters. The molecule has 1 amide bonds. The molecule has 0 spiro atoms. The Morgan fingerprint density at radius 2 is 1.77 bits per heavy atom. The molecule has 1 atom stereocenters. The van der Waals surface area contributed by atoms with Gasteiger partial charge >= 0.3 is 5.97 Å². The standard InChI is InChI=1S/C23H25NO6/c1-27-19-12-15(13-20(28-2)23(19)29-3)8-11-22(26)30-14-21(25)24-18-10-9-16-6-4-5-7-17(16)18/h4-8,11-13,18H,9-10,14H2,1-3H3,(H,24,25)/b11-8+/t18-/m1/s1. The minimum Gasteiger partial charge on any atom is -0.493 e. The van der Waals surface area contributed by atoms with Crippen LogP contribution in [0.25, 0.3) is 6.08 Å². The van der Waals surface area contributed by atoms with Crippen LogP contribution in [0, 0.1) is 0 Å². The van der Waals surface area contributed by atoms with E-state index >= 15 is 0 Å². The number of aryl methyl sites for hydroxylation is 1. The van der Waals surface area contributed by atoms with E-state index in [1.54, 1.807) is 18.2 Å². The lowest BCUT2D eigenvalue weighted by Crippen LogP contribution is -2.31. The summed E-state index contributed by atoms with van der Waals surface area (Å²) in [4.78, 5) is 24.2. The Balaban J connectivity index is 1.54. The van der Waals surface area contributed by atoms with Crippen LogP contribution in [0.4, 0.5) is 0 Å². The summed E-state index contributed by atoms with van der Waals surface area (Å²) >= 11 is 0. The number of amides is 1. The molecule has 1 aliphatic rings. The highest BCUT2D eigenvalue weighted by molar-refractivity contribution is 5.89. The van der Waals surface area contributed by atoms with Crippen LogP contribution in [-0.2, 0) is 20.7 Å². The molecule has 0 aliphatic heterocycles. The van der Waals surface area contributed by atoms with Gasteiger partial charge in [0.1, 0.15) is 0 Å². The summed E-state index contributed by atoms with van der Waals surface area (Å²) in [6.45, 7) is -0.336. The zero-order valence-corrected chi connectivity index (χ0v) is 17.3. The fourth-order valence-corrected chi connectivity index (χ4v) is 3.49. The lowest BCUT2D eigenvalue weighted by molar-refractivity contribution is -0.144. The summed E-state index contributed by atoms with van der Waals surface area (Å²) in [6.07, 6.45) is 4.58. The summed E-state index contributed by atoms with van der Waals surface area (Å²) in [5.74, 6) is 0.462. The SMILES string of the molecule is COc1cc(/C=C/C(=O)OCC(=O)N[C@@H]2CCc3ccccc32)cc(OC)c1OC. The molecule has 0 saturated heterocycles. The van der Waals surface area contributed by atoms with Gasteiger partial charge < -0.3 is 24.3 Å². The van der Waals surface area contributed by atoms with Crippen molar-refractivity contribution in [3.8, 4) is 17.2 Å². The predicted molar refractivity (Wildman–Crippen MR) is 112 cm³/mol.